The summed E-state index contributed by atoms with van der Waals surface area (Å²) in [5.74, 6) is 0.525. The molecule has 3 N–H and O–H groups in total. The Balaban J connectivity index is 1.41. The number of aromatic nitrogens is 2. The molecule has 31 heavy (non-hydrogen) atoms. The number of amides is 1. The highest BCUT2D eigenvalue weighted by molar-refractivity contribution is 9.10. The lowest BCUT2D eigenvalue weighted by Crippen LogP contribution is -2.17. The molecule has 3 aromatic rings. The van der Waals surface area contributed by atoms with Crippen LogP contribution in [0.5, 0.6) is 5.75 Å². The summed E-state index contributed by atoms with van der Waals surface area (Å²) in [6, 6.07) is 11.0. The van der Waals surface area contributed by atoms with Gasteiger partial charge >= 0.3 is 6.36 Å². The molecule has 0 fully saturated rings. The summed E-state index contributed by atoms with van der Waals surface area (Å²) in [6.45, 7) is 0.327. The number of fused-ring (bicyclic) bond motifs is 1. The second kappa shape index (κ2) is 8.42. The van der Waals surface area contributed by atoms with Crippen LogP contribution >= 0.6 is 15.9 Å². The Morgan fingerprint density at radius 3 is 2.68 bits per heavy atom. The second-order valence-electron chi connectivity index (χ2n) is 6.66. The Morgan fingerprint density at radius 1 is 1.16 bits per heavy atom. The van der Waals surface area contributed by atoms with Crippen LogP contribution in [0.3, 0.4) is 0 Å². The Kier molecular flexibility index (Phi) is 5.68. The van der Waals surface area contributed by atoms with Gasteiger partial charge in [0.05, 0.1) is 10.9 Å². The smallest absolute Gasteiger partial charge is 0.406 e. The Morgan fingerprint density at radius 2 is 1.94 bits per heavy atom. The van der Waals surface area contributed by atoms with Crippen LogP contribution in [0, 0.1) is 0 Å². The van der Waals surface area contributed by atoms with Gasteiger partial charge in [-0.25, -0.2) is 4.98 Å². The molecule has 1 aliphatic heterocycles. The van der Waals surface area contributed by atoms with Crippen molar-refractivity contribution in [1.82, 2.24) is 9.97 Å². The molecule has 1 aliphatic rings. The van der Waals surface area contributed by atoms with Crippen LogP contribution < -0.4 is 20.7 Å². The molecule has 0 saturated heterocycles. The number of anilines is 4. The van der Waals surface area contributed by atoms with Gasteiger partial charge in [-0.2, -0.15) is 4.98 Å². The number of hydrogen-bond acceptors (Lipinski definition) is 6. The van der Waals surface area contributed by atoms with Crippen LogP contribution in [0.25, 0.3) is 0 Å². The van der Waals surface area contributed by atoms with Gasteiger partial charge in [-0.15, -0.1) is 13.2 Å². The van der Waals surface area contributed by atoms with Crippen LogP contribution in [0.15, 0.2) is 53.1 Å². The maximum absolute atomic E-state index is 12.3. The standard InChI is InChI=1S/C20H15BrF3N5O2/c21-15-10-26-19(27-13-3-6-16-12(7-13)8-17(30)28-16)29-18(15)25-9-11-1-4-14(5-2-11)31-20(22,23)24/h1-7,10H,8-9H2,(H,28,30)(H2,25,26,27,29). The zero-order valence-corrected chi connectivity index (χ0v) is 17.3. The number of halogens is 4. The first-order valence-electron chi connectivity index (χ1n) is 9.06. The summed E-state index contributed by atoms with van der Waals surface area (Å²) in [5, 5.41) is 8.99. The van der Waals surface area contributed by atoms with Gasteiger partial charge in [-0.3, -0.25) is 4.79 Å². The molecule has 2 heterocycles. The van der Waals surface area contributed by atoms with Gasteiger partial charge in [0.25, 0.3) is 0 Å². The number of nitrogens with zero attached hydrogens (tertiary/aromatic N) is 2. The number of benzene rings is 2. The largest absolute Gasteiger partial charge is 0.573 e. The first-order valence-corrected chi connectivity index (χ1v) is 9.85. The van der Waals surface area contributed by atoms with Crippen molar-refractivity contribution in [3.63, 3.8) is 0 Å². The van der Waals surface area contributed by atoms with Crippen LogP contribution in [-0.2, 0) is 17.8 Å². The van der Waals surface area contributed by atoms with E-state index in [-0.39, 0.29) is 11.7 Å². The van der Waals surface area contributed by atoms with Gasteiger partial charge < -0.3 is 20.7 Å². The average molecular weight is 494 g/mol. The quantitative estimate of drug-likeness (QED) is 0.448. The number of alkyl halides is 3. The lowest BCUT2D eigenvalue weighted by Gasteiger charge is -2.12. The molecular formula is C20H15BrF3N5O2. The van der Waals surface area contributed by atoms with E-state index in [0.29, 0.717) is 29.2 Å². The number of ether oxygens (including phenoxy) is 1. The Hall–Kier alpha value is -3.34. The number of nitrogens with one attached hydrogen (secondary N) is 3. The van der Waals surface area contributed by atoms with E-state index in [0.717, 1.165) is 22.5 Å². The fraction of sp³-hybridized carbons (Fsp3) is 0.150. The Labute approximate surface area is 183 Å². The van der Waals surface area contributed by atoms with Crippen LogP contribution in [0.1, 0.15) is 11.1 Å². The van der Waals surface area contributed by atoms with Crippen molar-refractivity contribution in [2.75, 3.05) is 16.0 Å². The summed E-state index contributed by atoms with van der Waals surface area (Å²) in [4.78, 5) is 20.1. The van der Waals surface area contributed by atoms with Gasteiger partial charge in [-0.05, 0) is 57.4 Å². The fourth-order valence-electron chi connectivity index (χ4n) is 2.98. The minimum absolute atomic E-state index is 0.0449. The molecule has 0 bridgehead atoms. The van der Waals surface area contributed by atoms with Gasteiger partial charge in [0, 0.05) is 24.1 Å². The minimum Gasteiger partial charge on any atom is -0.406 e. The molecule has 7 nitrogen and oxygen atoms in total. The normalized spacial score (nSPS) is 12.8. The third kappa shape index (κ3) is 5.43. The number of carbonyl (C=O) groups is 1. The first-order chi connectivity index (χ1) is 14.7. The highest BCUT2D eigenvalue weighted by Gasteiger charge is 2.30. The van der Waals surface area contributed by atoms with Crippen molar-refractivity contribution < 1.29 is 22.7 Å². The highest BCUT2D eigenvalue weighted by Crippen LogP contribution is 2.28. The molecule has 11 heteroatoms. The molecule has 0 spiro atoms. The third-order valence-corrected chi connectivity index (χ3v) is 4.93. The zero-order chi connectivity index (χ0) is 22.0. The molecule has 0 radical (unpaired) electrons. The van der Waals surface area contributed by atoms with Crippen LogP contribution in [0.4, 0.5) is 36.3 Å². The van der Waals surface area contributed by atoms with E-state index >= 15 is 0 Å². The maximum atomic E-state index is 12.3. The van der Waals surface area contributed by atoms with Crippen molar-refractivity contribution in [2.24, 2.45) is 0 Å². The Bertz CT molecular complexity index is 1120. The molecule has 0 unspecified atom stereocenters. The van der Waals surface area contributed by atoms with Crippen molar-refractivity contribution in [2.45, 2.75) is 19.3 Å². The molecule has 0 aliphatic carbocycles. The predicted octanol–water partition coefficient (Wildman–Crippen LogP) is 4.99. The van der Waals surface area contributed by atoms with E-state index in [9.17, 15) is 18.0 Å². The molecule has 0 atom stereocenters. The van der Waals surface area contributed by atoms with E-state index in [1.54, 1.807) is 6.20 Å². The topological polar surface area (TPSA) is 88.2 Å². The molecule has 2 aromatic carbocycles. The van der Waals surface area contributed by atoms with Gasteiger partial charge in [0.1, 0.15) is 11.6 Å². The first kappa shape index (κ1) is 20.9. The third-order valence-electron chi connectivity index (χ3n) is 4.35. The van der Waals surface area contributed by atoms with Crippen molar-refractivity contribution >= 4 is 45.0 Å². The second-order valence-corrected chi connectivity index (χ2v) is 7.51. The van der Waals surface area contributed by atoms with Crippen molar-refractivity contribution in [3.8, 4) is 5.75 Å². The van der Waals surface area contributed by atoms with Gasteiger partial charge in [-0.1, -0.05) is 12.1 Å². The number of hydrogen-bond donors (Lipinski definition) is 3. The predicted molar refractivity (Wildman–Crippen MR) is 112 cm³/mol. The number of rotatable bonds is 6. The minimum atomic E-state index is -4.72. The van der Waals surface area contributed by atoms with E-state index in [4.69, 9.17) is 0 Å². The van der Waals surface area contributed by atoms with E-state index in [1.165, 1.54) is 24.3 Å². The summed E-state index contributed by atoms with van der Waals surface area (Å²) in [6.07, 6.45) is -2.82. The molecule has 1 aromatic heterocycles. The summed E-state index contributed by atoms with van der Waals surface area (Å²) in [5.41, 5.74) is 3.17. The summed E-state index contributed by atoms with van der Waals surface area (Å²) in [7, 11) is 0. The van der Waals surface area contributed by atoms with Gasteiger partial charge in [0.2, 0.25) is 11.9 Å². The molecule has 0 saturated carbocycles. The maximum Gasteiger partial charge on any atom is 0.573 e. The highest BCUT2D eigenvalue weighted by atomic mass is 79.9. The lowest BCUT2D eigenvalue weighted by atomic mass is 10.1. The fourth-order valence-corrected chi connectivity index (χ4v) is 3.31. The molecular weight excluding hydrogens is 479 g/mol. The van der Waals surface area contributed by atoms with E-state index in [2.05, 4.69) is 46.6 Å². The van der Waals surface area contributed by atoms with E-state index < -0.39 is 6.36 Å². The molecule has 1 amide bonds. The van der Waals surface area contributed by atoms with E-state index in [1.807, 2.05) is 18.2 Å². The molecule has 160 valence electrons. The van der Waals surface area contributed by atoms with Crippen LogP contribution in [-0.4, -0.2) is 22.2 Å². The number of carbonyl (C=O) groups excluding carboxylic acids is 1. The zero-order valence-electron chi connectivity index (χ0n) is 15.8. The monoisotopic (exact) mass is 493 g/mol. The molecule has 4 rings (SSSR count). The summed E-state index contributed by atoms with van der Waals surface area (Å²) >= 11 is 3.38. The lowest BCUT2D eigenvalue weighted by molar-refractivity contribution is -0.274. The summed E-state index contributed by atoms with van der Waals surface area (Å²) < 4.78 is 41.3. The van der Waals surface area contributed by atoms with Gasteiger partial charge in [0.15, 0.2) is 0 Å². The average Bonchev–Trinajstić information content (AvgIpc) is 3.07. The van der Waals surface area contributed by atoms with Crippen molar-refractivity contribution in [3.05, 3.63) is 64.3 Å². The van der Waals surface area contributed by atoms with Crippen LogP contribution in [0.2, 0.25) is 0 Å². The van der Waals surface area contributed by atoms with Crippen molar-refractivity contribution in [1.29, 1.82) is 0 Å². The SMILES string of the molecule is O=C1Cc2cc(Nc3ncc(Br)c(NCc4ccc(OC(F)(F)F)cc4)n3)ccc2N1.